The number of halogens is 4. The minimum atomic E-state index is -3.06. The minimum absolute atomic E-state index is 0.0387. The molecule has 6 heteroatoms. The van der Waals surface area contributed by atoms with Gasteiger partial charge in [0.15, 0.2) is 5.78 Å². The number of carbonyl (C=O) groups is 1. The van der Waals surface area contributed by atoms with Crippen LogP contribution < -0.4 is 4.74 Å². The van der Waals surface area contributed by atoms with Gasteiger partial charge in [-0.15, -0.1) is 0 Å². The van der Waals surface area contributed by atoms with Gasteiger partial charge in [-0.25, -0.2) is 4.39 Å². The van der Waals surface area contributed by atoms with Crippen LogP contribution >= 0.6 is 15.9 Å². The van der Waals surface area contributed by atoms with E-state index in [0.29, 0.717) is 0 Å². The summed E-state index contributed by atoms with van der Waals surface area (Å²) in [7, 11) is 0. The predicted molar refractivity (Wildman–Crippen MR) is 50.7 cm³/mol. The van der Waals surface area contributed by atoms with Crippen LogP contribution in [0.15, 0.2) is 16.6 Å². The summed E-state index contributed by atoms with van der Waals surface area (Å²) in [5, 5.41) is 0. The molecule has 0 aromatic heterocycles. The zero-order valence-electron chi connectivity index (χ0n) is 7.56. The first-order chi connectivity index (χ1) is 6.91. The first-order valence-corrected chi connectivity index (χ1v) is 4.66. The Balaban J connectivity index is 3.22. The lowest BCUT2D eigenvalue weighted by Gasteiger charge is -2.09. The summed E-state index contributed by atoms with van der Waals surface area (Å²) in [6, 6.07) is 1.85. The van der Waals surface area contributed by atoms with Crippen LogP contribution in [0.1, 0.15) is 17.3 Å². The molecule has 1 aromatic rings. The molecule has 0 N–H and O–H groups in total. The zero-order chi connectivity index (χ0) is 11.6. The van der Waals surface area contributed by atoms with Gasteiger partial charge in [0.2, 0.25) is 0 Å². The Morgan fingerprint density at radius 2 is 2.07 bits per heavy atom. The number of hydrogen-bond acceptors (Lipinski definition) is 2. The maximum absolute atomic E-state index is 13.0. The summed E-state index contributed by atoms with van der Waals surface area (Å²) >= 11 is 2.81. The second-order valence-corrected chi connectivity index (χ2v) is 3.55. The Labute approximate surface area is 92.2 Å². The summed E-state index contributed by atoms with van der Waals surface area (Å²) < 4.78 is 41.0. The lowest BCUT2D eigenvalue weighted by Crippen LogP contribution is -2.07. The topological polar surface area (TPSA) is 26.3 Å². The van der Waals surface area contributed by atoms with Crippen LogP contribution in [0.3, 0.4) is 0 Å². The average molecular weight is 283 g/mol. The molecule has 0 aliphatic heterocycles. The van der Waals surface area contributed by atoms with Crippen LogP contribution in [-0.2, 0) is 0 Å². The van der Waals surface area contributed by atoms with Crippen molar-refractivity contribution in [2.75, 3.05) is 0 Å². The Morgan fingerprint density at radius 3 is 2.53 bits per heavy atom. The number of carbonyl (C=O) groups excluding carboxylic acids is 1. The molecule has 0 saturated heterocycles. The summed E-state index contributed by atoms with van der Waals surface area (Å²) in [6.45, 7) is -1.92. The fourth-order valence-electron chi connectivity index (χ4n) is 0.997. The van der Waals surface area contributed by atoms with Gasteiger partial charge in [-0.2, -0.15) is 8.78 Å². The molecule has 0 bridgehead atoms. The van der Waals surface area contributed by atoms with Crippen molar-refractivity contribution in [3.05, 3.63) is 28.0 Å². The van der Waals surface area contributed by atoms with E-state index < -0.39 is 18.2 Å². The Morgan fingerprint density at radius 1 is 1.47 bits per heavy atom. The molecule has 1 rings (SSSR count). The summed E-state index contributed by atoms with van der Waals surface area (Å²) in [5.74, 6) is -1.59. The van der Waals surface area contributed by atoms with Crippen molar-refractivity contribution in [1.82, 2.24) is 0 Å². The second-order valence-electron chi connectivity index (χ2n) is 2.70. The van der Waals surface area contributed by atoms with Crippen LogP contribution in [0.25, 0.3) is 0 Å². The van der Waals surface area contributed by atoms with Gasteiger partial charge in [-0.3, -0.25) is 4.79 Å². The van der Waals surface area contributed by atoms with E-state index in [-0.39, 0.29) is 15.8 Å². The molecule has 2 nitrogen and oxygen atoms in total. The molecular weight excluding hydrogens is 277 g/mol. The molecule has 0 amide bonds. The van der Waals surface area contributed by atoms with Crippen LogP contribution in [0, 0.1) is 5.82 Å². The maximum Gasteiger partial charge on any atom is 0.387 e. The molecule has 82 valence electrons. The normalized spacial score (nSPS) is 10.5. The van der Waals surface area contributed by atoms with E-state index >= 15 is 0 Å². The third-order valence-corrected chi connectivity index (χ3v) is 2.23. The first-order valence-electron chi connectivity index (χ1n) is 3.86. The SMILES string of the molecule is CC(=O)c1cc(F)c(Br)cc1OC(F)F. The number of alkyl halides is 2. The van der Waals surface area contributed by atoms with Crippen molar-refractivity contribution in [2.45, 2.75) is 13.5 Å². The van der Waals surface area contributed by atoms with Crippen molar-refractivity contribution < 1.29 is 22.7 Å². The maximum atomic E-state index is 13.0. The highest BCUT2D eigenvalue weighted by Crippen LogP contribution is 2.28. The zero-order valence-corrected chi connectivity index (χ0v) is 9.15. The number of ketones is 1. The second kappa shape index (κ2) is 4.65. The monoisotopic (exact) mass is 282 g/mol. The van der Waals surface area contributed by atoms with Gasteiger partial charge in [0.05, 0.1) is 10.0 Å². The molecule has 0 spiro atoms. The molecule has 0 unspecified atom stereocenters. The summed E-state index contributed by atoms with van der Waals surface area (Å²) in [4.78, 5) is 11.0. The number of benzene rings is 1. The number of ether oxygens (including phenoxy) is 1. The van der Waals surface area contributed by atoms with Crippen molar-refractivity contribution in [2.24, 2.45) is 0 Å². The first kappa shape index (κ1) is 12.0. The van der Waals surface area contributed by atoms with Crippen molar-refractivity contribution in [3.8, 4) is 5.75 Å². The van der Waals surface area contributed by atoms with Gasteiger partial charge < -0.3 is 4.74 Å². The van der Waals surface area contributed by atoms with Gasteiger partial charge in [0.1, 0.15) is 11.6 Å². The van der Waals surface area contributed by atoms with Gasteiger partial charge in [-0.05, 0) is 35.0 Å². The van der Waals surface area contributed by atoms with Crippen LogP contribution in [0.2, 0.25) is 0 Å². The van der Waals surface area contributed by atoms with E-state index in [2.05, 4.69) is 20.7 Å². The minimum Gasteiger partial charge on any atom is -0.434 e. The Bertz CT molecular complexity index is 393. The molecule has 1 aromatic carbocycles. The molecule has 0 saturated carbocycles. The molecule has 0 atom stereocenters. The van der Waals surface area contributed by atoms with Crippen molar-refractivity contribution >= 4 is 21.7 Å². The standard InChI is InChI=1S/C9H6BrF3O2/c1-4(14)5-2-7(11)6(10)3-8(5)15-9(12)13/h2-3,9H,1H3. The number of Topliss-reactive ketones (excluding diaryl/α,β-unsaturated/α-hetero) is 1. The van der Waals surface area contributed by atoms with E-state index in [0.717, 1.165) is 19.1 Å². The van der Waals surface area contributed by atoms with Gasteiger partial charge >= 0.3 is 6.61 Å². The quantitative estimate of drug-likeness (QED) is 0.795. The van der Waals surface area contributed by atoms with Crippen LogP contribution in [0.5, 0.6) is 5.75 Å². The fraction of sp³-hybridized carbons (Fsp3) is 0.222. The number of hydrogen-bond donors (Lipinski definition) is 0. The third kappa shape index (κ3) is 2.95. The van der Waals surface area contributed by atoms with E-state index in [1.807, 2.05) is 0 Å². The number of rotatable bonds is 3. The molecular formula is C9H6BrF3O2. The third-order valence-electron chi connectivity index (χ3n) is 1.62. The molecule has 0 heterocycles. The van der Waals surface area contributed by atoms with Crippen molar-refractivity contribution in [1.29, 1.82) is 0 Å². The lowest BCUT2D eigenvalue weighted by atomic mass is 10.1. The molecule has 0 fully saturated rings. The fourth-order valence-corrected chi connectivity index (χ4v) is 1.32. The molecule has 0 aliphatic rings. The highest BCUT2D eigenvalue weighted by Gasteiger charge is 2.16. The Hall–Kier alpha value is -1.04. The van der Waals surface area contributed by atoms with E-state index in [1.165, 1.54) is 0 Å². The predicted octanol–water partition coefficient (Wildman–Crippen LogP) is 3.39. The molecule has 0 aliphatic carbocycles. The van der Waals surface area contributed by atoms with Gasteiger partial charge in [0, 0.05) is 0 Å². The van der Waals surface area contributed by atoms with Gasteiger partial charge in [0.25, 0.3) is 0 Å². The lowest BCUT2D eigenvalue weighted by molar-refractivity contribution is -0.0502. The van der Waals surface area contributed by atoms with E-state index in [4.69, 9.17) is 0 Å². The largest absolute Gasteiger partial charge is 0.434 e. The van der Waals surface area contributed by atoms with Crippen molar-refractivity contribution in [3.63, 3.8) is 0 Å². The summed E-state index contributed by atoms with van der Waals surface area (Å²) in [5.41, 5.74) is -0.212. The highest BCUT2D eigenvalue weighted by atomic mass is 79.9. The van der Waals surface area contributed by atoms with Crippen LogP contribution in [-0.4, -0.2) is 12.4 Å². The molecule has 0 radical (unpaired) electrons. The van der Waals surface area contributed by atoms with E-state index in [9.17, 15) is 18.0 Å². The summed E-state index contributed by atoms with van der Waals surface area (Å²) in [6.07, 6.45) is 0. The molecule has 15 heavy (non-hydrogen) atoms. The van der Waals surface area contributed by atoms with Crippen LogP contribution in [0.4, 0.5) is 13.2 Å². The Kier molecular flexibility index (Phi) is 3.73. The van der Waals surface area contributed by atoms with Gasteiger partial charge in [-0.1, -0.05) is 0 Å². The van der Waals surface area contributed by atoms with E-state index in [1.54, 1.807) is 0 Å². The average Bonchev–Trinajstić information content (AvgIpc) is 2.09. The smallest absolute Gasteiger partial charge is 0.387 e. The highest BCUT2D eigenvalue weighted by molar-refractivity contribution is 9.10.